The van der Waals surface area contributed by atoms with Crippen LogP contribution in [0.2, 0.25) is 0 Å². The lowest BCUT2D eigenvalue weighted by atomic mass is 10.1. The number of carbonyl (C=O) groups excluding carboxylic acids is 3. The molecule has 0 saturated heterocycles. The van der Waals surface area contributed by atoms with Crippen LogP contribution in [-0.4, -0.2) is 75.5 Å². The zero-order chi connectivity index (χ0) is 47.7. The van der Waals surface area contributed by atoms with Crippen molar-refractivity contribution < 1.29 is 38.2 Å². The quantitative estimate of drug-likeness (QED) is 0.0259. The fraction of sp³-hybridized carbons (Fsp3) is 0.667. The fourth-order valence-corrected chi connectivity index (χ4v) is 7.00. The van der Waals surface area contributed by atoms with E-state index in [1.165, 1.54) is 70.6 Å². The topological polar surface area (TPSA) is 102 Å². The van der Waals surface area contributed by atoms with Gasteiger partial charge in [-0.25, -0.2) is 0 Å². The van der Waals surface area contributed by atoms with Crippen molar-refractivity contribution in [3.63, 3.8) is 0 Å². The van der Waals surface area contributed by atoms with Crippen LogP contribution in [0.5, 0.6) is 0 Å². The van der Waals surface area contributed by atoms with Gasteiger partial charge in [-0.2, -0.15) is 0 Å². The van der Waals surface area contributed by atoms with Crippen LogP contribution in [0.1, 0.15) is 194 Å². The minimum absolute atomic E-state index is 0.00936. The maximum Gasteiger partial charge on any atom is 0.306 e. The molecule has 0 aliphatic heterocycles. The van der Waals surface area contributed by atoms with Crippen molar-refractivity contribution in [1.82, 2.24) is 0 Å². The van der Waals surface area contributed by atoms with Crippen molar-refractivity contribution in [1.29, 1.82) is 0 Å². The summed E-state index contributed by atoms with van der Waals surface area (Å²) in [6.45, 7) is 4.48. The van der Waals surface area contributed by atoms with Gasteiger partial charge >= 0.3 is 11.9 Å². The molecule has 0 aromatic heterocycles. The summed E-state index contributed by atoms with van der Waals surface area (Å²) in [5, 5.41) is 11.7. The Balaban J connectivity index is 4.40. The van der Waals surface area contributed by atoms with Crippen molar-refractivity contribution in [2.24, 2.45) is 0 Å². The molecular formula is C57H95NO7. The van der Waals surface area contributed by atoms with Crippen LogP contribution >= 0.6 is 0 Å². The highest BCUT2D eigenvalue weighted by atomic mass is 16.6. The number of hydrogen-bond donors (Lipinski definition) is 0. The SMILES string of the molecule is CC/C=C/C/C=C/C/C=C/C/C=C/C/C=C/C/C=C/C/C=C/CCCC(=O)OC(COCCC(C(=O)[O-])[N+](C)(C)C)COC(=O)CCCCCCC/C=C/CCCCCCCCCCC. The van der Waals surface area contributed by atoms with Gasteiger partial charge in [0.1, 0.15) is 12.6 Å². The van der Waals surface area contributed by atoms with Gasteiger partial charge in [-0.1, -0.05) is 182 Å². The molecule has 0 bridgehead atoms. The van der Waals surface area contributed by atoms with Crippen molar-refractivity contribution in [3.05, 3.63) is 97.2 Å². The number of carboxylic acids is 1. The van der Waals surface area contributed by atoms with Gasteiger partial charge in [0.15, 0.2) is 6.10 Å². The number of carbonyl (C=O) groups is 3. The van der Waals surface area contributed by atoms with Crippen LogP contribution in [0, 0.1) is 0 Å². The highest BCUT2D eigenvalue weighted by Gasteiger charge is 2.25. The molecule has 0 spiro atoms. The van der Waals surface area contributed by atoms with Crippen LogP contribution < -0.4 is 5.11 Å². The van der Waals surface area contributed by atoms with Crippen LogP contribution in [-0.2, 0) is 28.6 Å². The first-order valence-electron chi connectivity index (χ1n) is 25.8. The Bertz CT molecular complexity index is 1380. The maximum absolute atomic E-state index is 12.8. The van der Waals surface area contributed by atoms with Crippen molar-refractivity contribution >= 4 is 17.9 Å². The minimum Gasteiger partial charge on any atom is -0.544 e. The molecule has 8 nitrogen and oxygen atoms in total. The molecule has 0 aromatic carbocycles. The van der Waals surface area contributed by atoms with Crippen molar-refractivity contribution in [3.8, 4) is 0 Å². The molecule has 0 aliphatic carbocycles. The van der Waals surface area contributed by atoms with Crippen molar-refractivity contribution in [2.75, 3.05) is 41.0 Å². The number of nitrogens with zero attached hydrogens (tertiary/aromatic N) is 1. The van der Waals surface area contributed by atoms with Crippen molar-refractivity contribution in [2.45, 2.75) is 206 Å². The molecule has 370 valence electrons. The Labute approximate surface area is 398 Å². The number of esters is 2. The predicted molar refractivity (Wildman–Crippen MR) is 272 cm³/mol. The zero-order valence-electron chi connectivity index (χ0n) is 42.1. The maximum atomic E-state index is 12.8. The first kappa shape index (κ1) is 61.2. The Kier molecular flexibility index (Phi) is 44.1. The molecular weight excluding hydrogens is 811 g/mol. The summed E-state index contributed by atoms with van der Waals surface area (Å²) in [6.07, 6.45) is 63.0. The van der Waals surface area contributed by atoms with Gasteiger partial charge in [0.25, 0.3) is 0 Å². The highest BCUT2D eigenvalue weighted by Crippen LogP contribution is 2.13. The van der Waals surface area contributed by atoms with E-state index in [0.29, 0.717) is 12.8 Å². The second kappa shape index (κ2) is 46.8. The lowest BCUT2D eigenvalue weighted by Crippen LogP contribution is -2.55. The van der Waals surface area contributed by atoms with E-state index < -0.39 is 18.1 Å². The third-order valence-corrected chi connectivity index (χ3v) is 11.0. The van der Waals surface area contributed by atoms with E-state index in [2.05, 4.69) is 111 Å². The first-order chi connectivity index (χ1) is 31.6. The third-order valence-electron chi connectivity index (χ3n) is 11.0. The molecule has 2 atom stereocenters. The van der Waals surface area contributed by atoms with E-state index in [1.807, 2.05) is 0 Å². The Morgan fingerprint density at radius 2 is 0.877 bits per heavy atom. The number of quaternary nitrogens is 1. The molecule has 0 fully saturated rings. The van der Waals surface area contributed by atoms with Gasteiger partial charge < -0.3 is 28.6 Å². The van der Waals surface area contributed by atoms with E-state index in [1.54, 1.807) is 21.1 Å². The molecule has 0 aromatic rings. The lowest BCUT2D eigenvalue weighted by Gasteiger charge is -2.34. The van der Waals surface area contributed by atoms with E-state index >= 15 is 0 Å². The van der Waals surface area contributed by atoms with Gasteiger partial charge in [-0.15, -0.1) is 0 Å². The molecule has 65 heavy (non-hydrogen) atoms. The molecule has 0 saturated carbocycles. The number of likely N-dealkylation sites (N-methyl/N-ethyl adjacent to an activating group) is 1. The molecule has 0 rings (SSSR count). The van der Waals surface area contributed by atoms with E-state index in [4.69, 9.17) is 14.2 Å². The number of hydrogen-bond acceptors (Lipinski definition) is 7. The number of rotatable bonds is 45. The average molecular weight is 906 g/mol. The highest BCUT2D eigenvalue weighted by molar-refractivity contribution is 5.70. The summed E-state index contributed by atoms with van der Waals surface area (Å²) < 4.78 is 17.2. The summed E-state index contributed by atoms with van der Waals surface area (Å²) in [4.78, 5) is 37.0. The lowest BCUT2D eigenvalue weighted by molar-refractivity contribution is -0.889. The summed E-state index contributed by atoms with van der Waals surface area (Å²) >= 11 is 0. The van der Waals surface area contributed by atoms with Gasteiger partial charge in [0.05, 0.1) is 40.3 Å². The number of unbranched alkanes of at least 4 members (excludes halogenated alkanes) is 15. The molecule has 0 N–H and O–H groups in total. The molecule has 0 amide bonds. The number of aliphatic carboxylic acids is 1. The van der Waals surface area contributed by atoms with Gasteiger partial charge in [0, 0.05) is 19.3 Å². The fourth-order valence-electron chi connectivity index (χ4n) is 7.00. The standard InChI is InChI=1S/C57H95NO7/c1-6-8-10-12-14-16-18-20-22-24-26-27-28-29-30-32-34-36-38-40-42-44-46-48-56(60)65-53(51-63-50-49-54(57(61)62)58(3,4)5)52-64-55(59)47-45-43-41-39-37-35-33-31-25-23-21-19-17-15-13-11-9-7-2/h8,10,14,16,20,22,26-27,29-31,33-34,36,40,42,53-54H,6-7,9,11-13,15,17-19,21,23-25,28,32,35,37-39,41,43-52H2,1-5H3/b10-8+,16-14+,22-20+,27-26+,30-29+,33-31+,36-34+,42-40+. The Morgan fingerprint density at radius 3 is 1.34 bits per heavy atom. The zero-order valence-corrected chi connectivity index (χ0v) is 42.1. The predicted octanol–water partition coefficient (Wildman–Crippen LogP) is 13.7. The second-order valence-corrected chi connectivity index (χ2v) is 18.0. The molecule has 2 unspecified atom stereocenters. The number of carboxylic acid groups (broad SMARTS) is 1. The van der Waals surface area contributed by atoms with Gasteiger partial charge in [0.2, 0.25) is 0 Å². The Hall–Kier alpha value is -3.75. The minimum atomic E-state index is -1.14. The van der Waals surface area contributed by atoms with Crippen LogP contribution in [0.15, 0.2) is 97.2 Å². The van der Waals surface area contributed by atoms with E-state index in [0.717, 1.165) is 83.5 Å². The summed E-state index contributed by atoms with van der Waals surface area (Å²) in [5.41, 5.74) is 0. The number of allylic oxidation sites excluding steroid dienone is 16. The van der Waals surface area contributed by atoms with E-state index in [-0.39, 0.29) is 49.1 Å². The van der Waals surface area contributed by atoms with Gasteiger partial charge in [-0.05, 0) is 89.9 Å². The summed E-state index contributed by atoms with van der Waals surface area (Å²) in [6, 6.07) is -0.743. The van der Waals surface area contributed by atoms with Crippen LogP contribution in [0.3, 0.4) is 0 Å². The van der Waals surface area contributed by atoms with Crippen LogP contribution in [0.4, 0.5) is 0 Å². The average Bonchev–Trinajstić information content (AvgIpc) is 3.27. The second-order valence-electron chi connectivity index (χ2n) is 18.0. The van der Waals surface area contributed by atoms with E-state index in [9.17, 15) is 19.5 Å². The third kappa shape index (κ3) is 45.2. The Morgan fingerprint density at radius 1 is 0.477 bits per heavy atom. The molecule has 0 radical (unpaired) electrons. The largest absolute Gasteiger partial charge is 0.544 e. The molecule has 8 heteroatoms. The monoisotopic (exact) mass is 906 g/mol. The molecule has 0 heterocycles. The summed E-state index contributed by atoms with van der Waals surface area (Å²) in [5.74, 6) is -1.83. The van der Waals surface area contributed by atoms with Crippen LogP contribution in [0.25, 0.3) is 0 Å². The number of ether oxygens (including phenoxy) is 3. The normalized spacial score (nSPS) is 13.7. The van der Waals surface area contributed by atoms with Gasteiger partial charge in [-0.3, -0.25) is 9.59 Å². The summed E-state index contributed by atoms with van der Waals surface area (Å²) in [7, 11) is 5.38. The smallest absolute Gasteiger partial charge is 0.306 e. The molecule has 0 aliphatic rings. The first-order valence-corrected chi connectivity index (χ1v) is 25.8.